The maximum absolute atomic E-state index is 13.6. The molecule has 0 aliphatic carbocycles. The summed E-state index contributed by atoms with van der Waals surface area (Å²) in [6.07, 6.45) is 1.72. The van der Waals surface area contributed by atoms with Crippen molar-refractivity contribution in [3.8, 4) is 5.75 Å². The summed E-state index contributed by atoms with van der Waals surface area (Å²) < 4.78 is 19.8. The number of benzene rings is 1. The highest BCUT2D eigenvalue weighted by atomic mass is 79.9. The number of pyridine rings is 1. The lowest BCUT2D eigenvalue weighted by atomic mass is 10.0. The summed E-state index contributed by atoms with van der Waals surface area (Å²) in [6, 6.07) is 8.02. The number of nitrogens with zero attached hydrogens (tertiary/aromatic N) is 1. The second-order valence-corrected chi connectivity index (χ2v) is 5.10. The van der Waals surface area contributed by atoms with Crippen LogP contribution in [0.15, 0.2) is 41.0 Å². The van der Waals surface area contributed by atoms with Crippen LogP contribution in [0.5, 0.6) is 5.75 Å². The number of ether oxygens (including phenoxy) is 1. The van der Waals surface area contributed by atoms with Gasteiger partial charge in [-0.1, -0.05) is 6.92 Å². The number of hydrogen-bond donors (Lipinski definition) is 1. The Morgan fingerprint density at radius 1 is 1.40 bits per heavy atom. The van der Waals surface area contributed by atoms with E-state index in [1.807, 2.05) is 19.1 Å². The fourth-order valence-corrected chi connectivity index (χ4v) is 2.58. The van der Waals surface area contributed by atoms with Crippen molar-refractivity contribution in [1.82, 2.24) is 10.3 Å². The molecule has 1 atom stereocenters. The van der Waals surface area contributed by atoms with Gasteiger partial charge in [-0.2, -0.15) is 0 Å². The maximum atomic E-state index is 13.6. The summed E-state index contributed by atoms with van der Waals surface area (Å²) in [6.45, 7) is 2.73. The molecule has 1 heterocycles. The van der Waals surface area contributed by atoms with Crippen LogP contribution < -0.4 is 10.1 Å². The van der Waals surface area contributed by atoms with E-state index in [4.69, 9.17) is 4.74 Å². The number of methoxy groups -OCH3 is 1. The number of hydrogen-bond acceptors (Lipinski definition) is 3. The van der Waals surface area contributed by atoms with E-state index in [1.165, 1.54) is 12.1 Å². The Labute approximate surface area is 126 Å². The van der Waals surface area contributed by atoms with Gasteiger partial charge in [-0.15, -0.1) is 0 Å². The highest BCUT2D eigenvalue weighted by Gasteiger charge is 2.21. The van der Waals surface area contributed by atoms with E-state index in [0.717, 1.165) is 22.3 Å². The lowest BCUT2D eigenvalue weighted by Gasteiger charge is -2.21. The maximum Gasteiger partial charge on any atom is 0.124 e. The second kappa shape index (κ2) is 6.81. The third-order valence-corrected chi connectivity index (χ3v) is 3.64. The molecule has 1 aromatic heterocycles. The first-order valence-electron chi connectivity index (χ1n) is 6.34. The van der Waals surface area contributed by atoms with Gasteiger partial charge in [0.05, 0.1) is 18.8 Å². The van der Waals surface area contributed by atoms with E-state index in [0.29, 0.717) is 5.75 Å². The Morgan fingerprint density at radius 2 is 2.20 bits per heavy atom. The second-order valence-electron chi connectivity index (χ2n) is 4.25. The first kappa shape index (κ1) is 14.9. The van der Waals surface area contributed by atoms with Crippen LogP contribution in [0.2, 0.25) is 0 Å². The van der Waals surface area contributed by atoms with Crippen LogP contribution in [0.3, 0.4) is 0 Å². The van der Waals surface area contributed by atoms with E-state index in [9.17, 15) is 4.39 Å². The molecular formula is C15H16BrFN2O. The van der Waals surface area contributed by atoms with Crippen molar-refractivity contribution in [3.05, 3.63) is 58.1 Å². The van der Waals surface area contributed by atoms with E-state index >= 15 is 0 Å². The van der Waals surface area contributed by atoms with Crippen LogP contribution in [-0.2, 0) is 0 Å². The van der Waals surface area contributed by atoms with E-state index < -0.39 is 0 Å². The van der Waals surface area contributed by atoms with Gasteiger partial charge in [0.15, 0.2) is 0 Å². The van der Waals surface area contributed by atoms with Gasteiger partial charge in [-0.25, -0.2) is 4.39 Å². The van der Waals surface area contributed by atoms with Crippen molar-refractivity contribution in [1.29, 1.82) is 0 Å². The standard InChI is InChI=1S/C15H16BrFN2O/c1-3-18-14(15-12(16)5-4-8-19-15)11-9-10(17)6-7-13(11)20-2/h4-9,14,18H,3H2,1-2H3. The summed E-state index contributed by atoms with van der Waals surface area (Å²) in [7, 11) is 1.58. The zero-order chi connectivity index (χ0) is 14.5. The minimum Gasteiger partial charge on any atom is -0.496 e. The van der Waals surface area contributed by atoms with Crippen LogP contribution >= 0.6 is 15.9 Å². The average Bonchev–Trinajstić information content (AvgIpc) is 2.46. The SMILES string of the molecule is CCNC(c1cc(F)ccc1OC)c1ncccc1Br. The summed E-state index contributed by atoms with van der Waals surface area (Å²) in [5, 5.41) is 3.32. The molecule has 2 aromatic rings. The molecule has 0 aliphatic rings. The Hall–Kier alpha value is -1.46. The van der Waals surface area contributed by atoms with Crippen LogP contribution in [0.4, 0.5) is 4.39 Å². The Kier molecular flexibility index (Phi) is 5.09. The molecule has 20 heavy (non-hydrogen) atoms. The van der Waals surface area contributed by atoms with Crippen LogP contribution in [0.25, 0.3) is 0 Å². The highest BCUT2D eigenvalue weighted by Crippen LogP contribution is 2.32. The topological polar surface area (TPSA) is 34.1 Å². The highest BCUT2D eigenvalue weighted by molar-refractivity contribution is 9.10. The number of aromatic nitrogens is 1. The van der Waals surface area contributed by atoms with Crippen LogP contribution in [0.1, 0.15) is 24.2 Å². The predicted octanol–water partition coefficient (Wildman–Crippen LogP) is 3.69. The predicted molar refractivity (Wildman–Crippen MR) is 80.4 cm³/mol. The number of rotatable bonds is 5. The fraction of sp³-hybridized carbons (Fsp3) is 0.267. The van der Waals surface area contributed by atoms with Gasteiger partial charge in [0.25, 0.3) is 0 Å². The first-order chi connectivity index (χ1) is 9.67. The summed E-state index contributed by atoms with van der Waals surface area (Å²) in [5.74, 6) is 0.339. The van der Waals surface area contributed by atoms with Gasteiger partial charge in [-0.05, 0) is 52.8 Å². The quantitative estimate of drug-likeness (QED) is 0.902. The zero-order valence-electron chi connectivity index (χ0n) is 11.4. The molecule has 0 radical (unpaired) electrons. The van der Waals surface area contributed by atoms with Gasteiger partial charge in [0.1, 0.15) is 11.6 Å². The molecule has 0 saturated carbocycles. The molecule has 0 aliphatic heterocycles. The van der Waals surface area contributed by atoms with Gasteiger partial charge >= 0.3 is 0 Å². The molecule has 1 aromatic carbocycles. The number of nitrogens with one attached hydrogen (secondary N) is 1. The van der Waals surface area contributed by atoms with Crippen molar-refractivity contribution in [2.45, 2.75) is 13.0 Å². The molecule has 106 valence electrons. The molecule has 0 fully saturated rings. The molecule has 1 N–H and O–H groups in total. The van der Waals surface area contributed by atoms with Gasteiger partial charge in [0, 0.05) is 16.2 Å². The monoisotopic (exact) mass is 338 g/mol. The zero-order valence-corrected chi connectivity index (χ0v) is 12.9. The molecule has 0 spiro atoms. The molecule has 2 rings (SSSR count). The third-order valence-electron chi connectivity index (χ3n) is 2.97. The first-order valence-corrected chi connectivity index (χ1v) is 7.14. The molecule has 0 amide bonds. The molecule has 0 saturated heterocycles. The smallest absolute Gasteiger partial charge is 0.124 e. The largest absolute Gasteiger partial charge is 0.496 e. The molecule has 3 nitrogen and oxygen atoms in total. The van der Waals surface area contributed by atoms with E-state index in [-0.39, 0.29) is 11.9 Å². The summed E-state index contributed by atoms with van der Waals surface area (Å²) in [4.78, 5) is 4.39. The van der Waals surface area contributed by atoms with Crippen molar-refractivity contribution >= 4 is 15.9 Å². The van der Waals surface area contributed by atoms with Crippen molar-refractivity contribution < 1.29 is 9.13 Å². The average molecular weight is 339 g/mol. The van der Waals surface area contributed by atoms with Crippen molar-refractivity contribution in [2.24, 2.45) is 0 Å². The van der Waals surface area contributed by atoms with E-state index in [1.54, 1.807) is 19.4 Å². The summed E-state index contributed by atoms with van der Waals surface area (Å²) in [5.41, 5.74) is 1.53. The Bertz CT molecular complexity index is 592. The minimum atomic E-state index is -0.296. The fourth-order valence-electron chi connectivity index (χ4n) is 2.10. The lowest BCUT2D eigenvalue weighted by Crippen LogP contribution is -2.24. The van der Waals surface area contributed by atoms with Crippen molar-refractivity contribution in [3.63, 3.8) is 0 Å². The van der Waals surface area contributed by atoms with Crippen LogP contribution in [0, 0.1) is 5.82 Å². The minimum absolute atomic E-state index is 0.235. The Balaban J connectivity index is 2.54. The number of halogens is 2. The Morgan fingerprint density at radius 3 is 2.85 bits per heavy atom. The molecular weight excluding hydrogens is 323 g/mol. The van der Waals surface area contributed by atoms with Gasteiger partial charge < -0.3 is 10.1 Å². The van der Waals surface area contributed by atoms with Gasteiger partial charge in [0.2, 0.25) is 0 Å². The molecule has 5 heteroatoms. The molecule has 1 unspecified atom stereocenters. The summed E-state index contributed by atoms with van der Waals surface area (Å²) >= 11 is 3.49. The molecule has 0 bridgehead atoms. The van der Waals surface area contributed by atoms with E-state index in [2.05, 4.69) is 26.2 Å². The van der Waals surface area contributed by atoms with Crippen molar-refractivity contribution in [2.75, 3.05) is 13.7 Å². The lowest BCUT2D eigenvalue weighted by molar-refractivity contribution is 0.402. The van der Waals surface area contributed by atoms with Gasteiger partial charge in [-0.3, -0.25) is 4.98 Å². The normalized spacial score (nSPS) is 12.2. The van der Waals surface area contributed by atoms with Crippen LogP contribution in [-0.4, -0.2) is 18.6 Å². The third kappa shape index (κ3) is 3.16.